The van der Waals surface area contributed by atoms with E-state index < -0.39 is 22.4 Å². The molecule has 0 atom stereocenters. The van der Waals surface area contributed by atoms with E-state index >= 15 is 0 Å². The first kappa shape index (κ1) is 16.3. The first-order chi connectivity index (χ1) is 8.04. The molecule has 0 spiro atoms. The van der Waals surface area contributed by atoms with Gasteiger partial charge in [0, 0.05) is 6.42 Å². The van der Waals surface area contributed by atoms with E-state index in [9.17, 15) is 0 Å². The van der Waals surface area contributed by atoms with E-state index in [1.807, 2.05) is 6.92 Å². The van der Waals surface area contributed by atoms with Crippen molar-refractivity contribution in [3.63, 3.8) is 0 Å². The van der Waals surface area contributed by atoms with Gasteiger partial charge in [-0.15, -0.1) is 0 Å². The van der Waals surface area contributed by atoms with Crippen molar-refractivity contribution in [2.24, 2.45) is 5.92 Å². The Morgan fingerprint density at radius 2 is 1.33 bits per heavy atom. The summed E-state index contributed by atoms with van der Waals surface area (Å²) in [5.41, 5.74) is 0. The van der Waals surface area contributed by atoms with Gasteiger partial charge in [0.25, 0.3) is 0 Å². The highest BCUT2D eigenvalue weighted by molar-refractivity contribution is 6.76. The van der Waals surface area contributed by atoms with Gasteiger partial charge in [-0.05, 0) is 51.1 Å². The van der Waals surface area contributed by atoms with E-state index in [1.165, 1.54) is 0 Å². The van der Waals surface area contributed by atoms with E-state index in [0.29, 0.717) is 5.92 Å². The highest BCUT2D eigenvalue weighted by Crippen LogP contribution is 2.32. The highest BCUT2D eigenvalue weighted by atomic mass is 28.4. The lowest BCUT2D eigenvalue weighted by Crippen LogP contribution is -2.40. The molecular weight excluding hydrogens is 264 g/mol. The molecule has 0 aliphatic carbocycles. The molecule has 0 saturated carbocycles. The Labute approximate surface area is 113 Å². The maximum atomic E-state index is 5.72. The zero-order chi connectivity index (χ0) is 14.0. The van der Waals surface area contributed by atoms with Crippen molar-refractivity contribution in [3.05, 3.63) is 0 Å². The quantitative estimate of drug-likeness (QED) is 0.568. The molecule has 0 N–H and O–H groups in total. The predicted molar refractivity (Wildman–Crippen MR) is 76.8 cm³/mol. The molecule has 4 nitrogen and oxygen atoms in total. The summed E-state index contributed by atoms with van der Waals surface area (Å²) in [6.07, 6.45) is 0.752. The van der Waals surface area contributed by atoms with Crippen molar-refractivity contribution in [2.75, 3.05) is 0 Å². The third-order valence-electron chi connectivity index (χ3n) is 3.00. The van der Waals surface area contributed by atoms with E-state index in [4.69, 9.17) is 18.9 Å². The second-order valence-electron chi connectivity index (χ2n) is 7.08. The van der Waals surface area contributed by atoms with Crippen LogP contribution >= 0.6 is 0 Å². The van der Waals surface area contributed by atoms with Crippen LogP contribution in [-0.2, 0) is 18.9 Å². The minimum absolute atomic E-state index is 0.456. The second kappa shape index (κ2) is 5.72. The SMILES string of the molecule is CC(C)CC1(C)OO[Si](C)(C)CC[Si](C)(C)OO1. The summed E-state index contributed by atoms with van der Waals surface area (Å²) in [7, 11) is -3.56. The molecule has 1 fully saturated rings. The molecular formula is C12H28O4Si2. The van der Waals surface area contributed by atoms with Gasteiger partial charge in [0.1, 0.15) is 0 Å². The number of rotatable bonds is 2. The molecule has 108 valence electrons. The lowest BCUT2D eigenvalue weighted by molar-refractivity contribution is -0.462. The molecule has 1 aliphatic rings. The van der Waals surface area contributed by atoms with E-state index in [2.05, 4.69) is 40.0 Å². The van der Waals surface area contributed by atoms with Crippen LogP contribution in [0.2, 0.25) is 38.3 Å². The van der Waals surface area contributed by atoms with E-state index in [1.54, 1.807) is 0 Å². The maximum absolute atomic E-state index is 5.72. The normalized spacial score (nSPS) is 27.3. The standard InChI is InChI=1S/C12H28O4Si2/c1-11(2)10-12(3)13-15-17(4,5)8-9-18(6,7)16-14-12/h11H,8-10H2,1-7H3. The van der Waals surface area contributed by atoms with Crippen molar-refractivity contribution in [3.8, 4) is 0 Å². The average Bonchev–Trinajstić information content (AvgIpc) is 2.24. The second-order valence-corrected chi connectivity index (χ2v) is 15.5. The van der Waals surface area contributed by atoms with Gasteiger partial charge in [-0.25, -0.2) is 9.78 Å². The molecule has 0 aromatic carbocycles. The Hall–Kier alpha value is 0.274. The van der Waals surface area contributed by atoms with E-state index in [-0.39, 0.29) is 0 Å². The van der Waals surface area contributed by atoms with Gasteiger partial charge in [0.2, 0.25) is 22.4 Å². The minimum Gasteiger partial charge on any atom is -0.284 e. The van der Waals surface area contributed by atoms with Crippen LogP contribution in [0.5, 0.6) is 0 Å². The molecule has 1 aliphatic heterocycles. The molecule has 0 aromatic rings. The molecule has 0 radical (unpaired) electrons. The van der Waals surface area contributed by atoms with Crippen molar-refractivity contribution >= 4 is 16.6 Å². The zero-order valence-corrected chi connectivity index (χ0v) is 14.8. The van der Waals surface area contributed by atoms with Crippen molar-refractivity contribution in [2.45, 2.75) is 71.3 Å². The summed E-state index contributed by atoms with van der Waals surface area (Å²) in [5.74, 6) is -0.343. The molecule has 1 saturated heterocycles. The molecule has 0 amide bonds. The first-order valence-electron chi connectivity index (χ1n) is 6.77. The topological polar surface area (TPSA) is 36.9 Å². The molecule has 0 unspecified atom stereocenters. The van der Waals surface area contributed by atoms with Crippen LogP contribution in [0.3, 0.4) is 0 Å². The number of hydrogen-bond donors (Lipinski definition) is 0. The lowest BCUT2D eigenvalue weighted by atomic mass is 10.0. The van der Waals surface area contributed by atoms with Gasteiger partial charge in [0.05, 0.1) is 0 Å². The third-order valence-corrected chi connectivity index (χ3v) is 7.47. The van der Waals surface area contributed by atoms with Gasteiger partial charge in [-0.3, -0.25) is 9.15 Å². The Kier molecular flexibility index (Phi) is 5.19. The van der Waals surface area contributed by atoms with E-state index in [0.717, 1.165) is 18.5 Å². The molecule has 18 heavy (non-hydrogen) atoms. The van der Waals surface area contributed by atoms with Crippen LogP contribution in [0.25, 0.3) is 0 Å². The summed E-state index contributed by atoms with van der Waals surface area (Å²) < 4.78 is 11.4. The van der Waals surface area contributed by atoms with Crippen molar-refractivity contribution in [1.29, 1.82) is 0 Å². The van der Waals surface area contributed by atoms with Crippen LogP contribution in [0, 0.1) is 5.92 Å². The van der Waals surface area contributed by atoms with Gasteiger partial charge in [0.15, 0.2) is 0 Å². The van der Waals surface area contributed by atoms with Crippen LogP contribution in [0.15, 0.2) is 0 Å². The fourth-order valence-corrected chi connectivity index (χ4v) is 7.70. The smallest absolute Gasteiger partial charge is 0.233 e. The monoisotopic (exact) mass is 292 g/mol. The maximum Gasteiger partial charge on any atom is 0.233 e. The van der Waals surface area contributed by atoms with Gasteiger partial charge in [-0.1, -0.05) is 13.8 Å². The summed E-state index contributed by atoms with van der Waals surface area (Å²) in [5, 5.41) is 0. The molecule has 0 bridgehead atoms. The van der Waals surface area contributed by atoms with Crippen molar-refractivity contribution < 1.29 is 18.9 Å². The van der Waals surface area contributed by atoms with Crippen LogP contribution in [0.1, 0.15) is 27.2 Å². The van der Waals surface area contributed by atoms with Gasteiger partial charge in [-0.2, -0.15) is 0 Å². The zero-order valence-electron chi connectivity index (χ0n) is 12.8. The molecule has 0 aromatic heterocycles. The number of hydrogen-bond acceptors (Lipinski definition) is 4. The first-order valence-corrected chi connectivity index (χ1v) is 13.0. The Morgan fingerprint density at radius 3 is 1.67 bits per heavy atom. The largest absolute Gasteiger partial charge is 0.284 e. The summed E-state index contributed by atoms with van der Waals surface area (Å²) in [6.45, 7) is 14.9. The van der Waals surface area contributed by atoms with Gasteiger partial charge >= 0.3 is 0 Å². The van der Waals surface area contributed by atoms with Crippen molar-refractivity contribution in [1.82, 2.24) is 0 Å². The highest BCUT2D eigenvalue weighted by Gasteiger charge is 2.40. The predicted octanol–water partition coefficient (Wildman–Crippen LogP) is 4.07. The third kappa shape index (κ3) is 5.50. The summed E-state index contributed by atoms with van der Waals surface area (Å²) >= 11 is 0. The Morgan fingerprint density at radius 1 is 0.944 bits per heavy atom. The Bertz CT molecular complexity index is 259. The molecule has 1 heterocycles. The molecule has 6 heteroatoms. The molecule has 1 rings (SSSR count). The Balaban J connectivity index is 2.81. The average molecular weight is 293 g/mol. The van der Waals surface area contributed by atoms with Crippen LogP contribution in [0.4, 0.5) is 0 Å². The fraction of sp³-hybridized carbons (Fsp3) is 1.00. The van der Waals surface area contributed by atoms with Gasteiger partial charge < -0.3 is 0 Å². The van der Waals surface area contributed by atoms with Crippen LogP contribution in [-0.4, -0.2) is 22.4 Å². The van der Waals surface area contributed by atoms with Crippen LogP contribution < -0.4 is 0 Å². The lowest BCUT2D eigenvalue weighted by Gasteiger charge is -2.32. The summed E-state index contributed by atoms with van der Waals surface area (Å²) in [6, 6.07) is 2.10. The summed E-state index contributed by atoms with van der Waals surface area (Å²) in [4.78, 5) is 11.2. The minimum atomic E-state index is -1.78. The fourth-order valence-electron chi connectivity index (χ4n) is 1.91.